The SMILES string of the molecule is COC(=O)[C@H]1C2C=CC(C2)[C@H]1C.C[C@@H]1C2C=CC(C2)[C@@H]1C(=O)N(C)C.C[C@@H]1C2CCC(C2)[C@@H]1C(=O)N(C)C. The van der Waals surface area contributed by atoms with Crippen LogP contribution in [0.4, 0.5) is 0 Å². The topological polar surface area (TPSA) is 66.9 Å². The molecule has 0 saturated heterocycles. The van der Waals surface area contributed by atoms with Crippen molar-refractivity contribution in [2.75, 3.05) is 35.3 Å². The lowest BCUT2D eigenvalue weighted by molar-refractivity contribution is -0.147. The molecule has 0 aliphatic heterocycles. The minimum Gasteiger partial charge on any atom is -0.469 e. The Labute approximate surface area is 230 Å². The molecule has 4 fully saturated rings. The number of ether oxygens (including phenoxy) is 1. The van der Waals surface area contributed by atoms with Gasteiger partial charge < -0.3 is 14.5 Å². The van der Waals surface area contributed by atoms with Crippen molar-refractivity contribution in [3.8, 4) is 0 Å². The van der Waals surface area contributed by atoms with Gasteiger partial charge in [-0.05, 0) is 85.4 Å². The first-order valence-corrected chi connectivity index (χ1v) is 14.8. The number of carbonyl (C=O) groups is 3. The maximum absolute atomic E-state index is 11.9. The van der Waals surface area contributed by atoms with Crippen molar-refractivity contribution in [1.29, 1.82) is 0 Å². The van der Waals surface area contributed by atoms with Crippen LogP contribution in [-0.2, 0) is 19.1 Å². The van der Waals surface area contributed by atoms with E-state index in [-0.39, 0.29) is 17.8 Å². The lowest BCUT2D eigenvalue weighted by atomic mass is 9.80. The molecule has 4 saturated carbocycles. The van der Waals surface area contributed by atoms with Gasteiger partial charge in [0.1, 0.15) is 0 Å². The predicted molar refractivity (Wildman–Crippen MR) is 150 cm³/mol. The summed E-state index contributed by atoms with van der Waals surface area (Å²) in [6, 6.07) is 0. The number of hydrogen-bond acceptors (Lipinski definition) is 4. The lowest BCUT2D eigenvalue weighted by Gasteiger charge is -2.29. The number of carbonyl (C=O) groups excluding carboxylic acids is 3. The normalized spacial score (nSPS) is 42.3. The summed E-state index contributed by atoms with van der Waals surface area (Å²) in [5.41, 5.74) is 0. The van der Waals surface area contributed by atoms with Crippen molar-refractivity contribution < 1.29 is 19.1 Å². The second-order valence-electron chi connectivity index (χ2n) is 13.4. The second kappa shape index (κ2) is 11.6. The number of amides is 2. The molecule has 12 atom stereocenters. The molecule has 0 aromatic heterocycles. The summed E-state index contributed by atoms with van der Waals surface area (Å²) in [4.78, 5) is 38.6. The van der Waals surface area contributed by atoms with Crippen LogP contribution in [0.1, 0.15) is 52.9 Å². The van der Waals surface area contributed by atoms with Crippen LogP contribution in [0, 0.1) is 71.0 Å². The predicted octanol–water partition coefficient (Wildman–Crippen LogP) is 4.91. The van der Waals surface area contributed by atoms with Crippen LogP contribution in [-0.4, -0.2) is 62.9 Å². The third-order valence-electron chi connectivity index (χ3n) is 11.0. The molecule has 6 rings (SSSR count). The maximum atomic E-state index is 11.9. The van der Waals surface area contributed by atoms with Gasteiger partial charge in [-0.15, -0.1) is 0 Å². The fourth-order valence-electron chi connectivity index (χ4n) is 8.67. The Morgan fingerprint density at radius 2 is 1.05 bits per heavy atom. The molecule has 6 aliphatic carbocycles. The fourth-order valence-corrected chi connectivity index (χ4v) is 8.67. The van der Waals surface area contributed by atoms with Crippen LogP contribution >= 0.6 is 0 Å². The highest BCUT2D eigenvalue weighted by Gasteiger charge is 2.49. The number of hydrogen-bond donors (Lipinski definition) is 0. The van der Waals surface area contributed by atoms with E-state index in [9.17, 15) is 14.4 Å². The van der Waals surface area contributed by atoms with Crippen LogP contribution in [0.15, 0.2) is 24.3 Å². The Hall–Kier alpha value is -2.11. The second-order valence-corrected chi connectivity index (χ2v) is 13.4. The minimum absolute atomic E-state index is 0.0284. The number of methoxy groups -OCH3 is 1. The monoisotopic (exact) mass is 526 g/mol. The molecule has 212 valence electrons. The summed E-state index contributed by atoms with van der Waals surface area (Å²) in [6.45, 7) is 6.62. The van der Waals surface area contributed by atoms with Crippen molar-refractivity contribution in [2.24, 2.45) is 71.0 Å². The Balaban J connectivity index is 0.000000133. The molecule has 0 aromatic rings. The van der Waals surface area contributed by atoms with E-state index in [0.29, 0.717) is 65.1 Å². The molecule has 38 heavy (non-hydrogen) atoms. The number of fused-ring (bicyclic) bond motifs is 6. The average molecular weight is 527 g/mol. The van der Waals surface area contributed by atoms with Gasteiger partial charge in [-0.25, -0.2) is 0 Å². The summed E-state index contributed by atoms with van der Waals surface area (Å²) in [5, 5.41) is 0. The molecular formula is C32H50N2O4. The zero-order valence-electron chi connectivity index (χ0n) is 24.8. The van der Waals surface area contributed by atoms with Crippen molar-refractivity contribution >= 4 is 17.8 Å². The van der Waals surface area contributed by atoms with E-state index in [1.54, 1.807) is 9.80 Å². The van der Waals surface area contributed by atoms with Crippen molar-refractivity contribution in [3.05, 3.63) is 24.3 Å². The largest absolute Gasteiger partial charge is 0.469 e. The van der Waals surface area contributed by atoms with Gasteiger partial charge in [0.15, 0.2) is 0 Å². The third kappa shape index (κ3) is 5.34. The van der Waals surface area contributed by atoms with Gasteiger partial charge in [0.05, 0.1) is 13.0 Å². The van der Waals surface area contributed by atoms with Gasteiger partial charge in [-0.2, -0.15) is 0 Å². The third-order valence-corrected chi connectivity index (χ3v) is 11.0. The first kappa shape index (κ1) is 28.9. The Morgan fingerprint density at radius 3 is 1.45 bits per heavy atom. The molecule has 6 unspecified atom stereocenters. The van der Waals surface area contributed by atoms with E-state index < -0.39 is 0 Å². The average Bonchev–Trinajstić information content (AvgIpc) is 3.72. The van der Waals surface area contributed by atoms with Crippen LogP contribution in [0.5, 0.6) is 0 Å². The van der Waals surface area contributed by atoms with Gasteiger partial charge in [0.2, 0.25) is 11.8 Å². The summed E-state index contributed by atoms with van der Waals surface area (Å²) in [5.74, 6) is 6.84. The summed E-state index contributed by atoms with van der Waals surface area (Å²) in [7, 11) is 8.93. The molecule has 0 spiro atoms. The highest BCUT2D eigenvalue weighted by Crippen LogP contribution is 2.52. The first-order chi connectivity index (χ1) is 18.0. The molecule has 6 bridgehead atoms. The zero-order valence-corrected chi connectivity index (χ0v) is 24.8. The van der Waals surface area contributed by atoms with Crippen LogP contribution < -0.4 is 0 Å². The molecule has 2 amide bonds. The van der Waals surface area contributed by atoms with Crippen LogP contribution in [0.3, 0.4) is 0 Å². The maximum Gasteiger partial charge on any atom is 0.309 e. The van der Waals surface area contributed by atoms with Gasteiger partial charge in [-0.3, -0.25) is 14.4 Å². The summed E-state index contributed by atoms with van der Waals surface area (Å²) >= 11 is 0. The van der Waals surface area contributed by atoms with Crippen LogP contribution in [0.2, 0.25) is 0 Å². The minimum atomic E-state index is -0.0284. The highest BCUT2D eigenvalue weighted by molar-refractivity contribution is 5.80. The van der Waals surface area contributed by atoms with E-state index in [1.165, 1.54) is 32.8 Å². The van der Waals surface area contributed by atoms with Gasteiger partial charge >= 0.3 is 5.97 Å². The van der Waals surface area contributed by atoms with Gasteiger partial charge in [0, 0.05) is 40.0 Å². The molecule has 0 radical (unpaired) electrons. The van der Waals surface area contributed by atoms with Crippen molar-refractivity contribution in [2.45, 2.75) is 52.9 Å². The first-order valence-electron chi connectivity index (χ1n) is 14.8. The van der Waals surface area contributed by atoms with Crippen molar-refractivity contribution in [3.63, 3.8) is 0 Å². The molecule has 6 heteroatoms. The van der Waals surface area contributed by atoms with E-state index in [4.69, 9.17) is 4.74 Å². The Morgan fingerprint density at radius 1 is 0.605 bits per heavy atom. The number of rotatable bonds is 3. The van der Waals surface area contributed by atoms with E-state index >= 15 is 0 Å². The lowest BCUT2D eigenvalue weighted by Crippen LogP contribution is -2.36. The van der Waals surface area contributed by atoms with Crippen molar-refractivity contribution in [1.82, 2.24) is 9.80 Å². The van der Waals surface area contributed by atoms with Gasteiger partial charge in [0.25, 0.3) is 0 Å². The van der Waals surface area contributed by atoms with Gasteiger partial charge in [-0.1, -0.05) is 45.1 Å². The summed E-state index contributed by atoms with van der Waals surface area (Å²) in [6.07, 6.45) is 15.3. The smallest absolute Gasteiger partial charge is 0.309 e. The van der Waals surface area contributed by atoms with Crippen LogP contribution in [0.25, 0.3) is 0 Å². The molecular weight excluding hydrogens is 476 g/mol. The number of esters is 1. The highest BCUT2D eigenvalue weighted by atomic mass is 16.5. The Bertz CT molecular complexity index is 953. The molecule has 0 heterocycles. The molecule has 0 N–H and O–H groups in total. The van der Waals surface area contributed by atoms with E-state index in [2.05, 4.69) is 45.1 Å². The zero-order chi connectivity index (χ0) is 27.9. The standard InChI is InChI=1S/C11H19NO.C11H17NO.C10H14O2/c2*1-7-8-4-5-9(6-8)10(7)11(13)12(2)3;1-6-7-3-4-8(5-7)9(6)10(11)12-2/h7-10H,4-6H2,1-3H3;4-5,7-10H,6H2,1-3H3;3-4,6-9H,5H2,1-2H3/t2*7-,8?,9?,10-;6-,7?,8?,9-/m111/s1. The van der Waals surface area contributed by atoms with E-state index in [0.717, 1.165) is 12.3 Å². The summed E-state index contributed by atoms with van der Waals surface area (Å²) < 4.78 is 4.78. The number of allylic oxidation sites excluding steroid dienone is 4. The molecule has 6 aliphatic rings. The quantitative estimate of drug-likeness (QED) is 0.387. The number of nitrogens with zero attached hydrogens (tertiary/aromatic N) is 2. The molecule has 6 nitrogen and oxygen atoms in total. The van der Waals surface area contributed by atoms with E-state index in [1.807, 2.05) is 28.2 Å². The molecule has 0 aromatic carbocycles. The Kier molecular flexibility index (Phi) is 8.78. The fraction of sp³-hybridized carbons (Fsp3) is 0.781.